The molecule has 31 heavy (non-hydrogen) atoms. The number of nitrogens with one attached hydrogen (secondary N) is 1. The standard InChI is InChI=1S/C21H19F2N3O5/c1-12-8-9-24-26(12)14-6-4-13(5-7-14)19(27)25-16-11-18(31-21(22)23)17(29-2)10-15(16)20(28)30-3/h4-11,21H,1-3H3,(H,25,27). The highest BCUT2D eigenvalue weighted by atomic mass is 19.3. The number of hydrogen-bond donors (Lipinski definition) is 1. The molecule has 8 nitrogen and oxygen atoms in total. The summed E-state index contributed by atoms with van der Waals surface area (Å²) < 4.78 is 41.3. The number of amides is 1. The zero-order chi connectivity index (χ0) is 22.5. The summed E-state index contributed by atoms with van der Waals surface area (Å²) >= 11 is 0. The van der Waals surface area contributed by atoms with E-state index in [1.165, 1.54) is 7.11 Å². The number of ether oxygens (including phenoxy) is 3. The monoisotopic (exact) mass is 431 g/mol. The highest BCUT2D eigenvalue weighted by molar-refractivity contribution is 6.08. The molecule has 162 valence electrons. The number of aryl methyl sites for hydroxylation is 1. The van der Waals surface area contributed by atoms with Crippen LogP contribution in [-0.2, 0) is 4.74 Å². The molecule has 10 heteroatoms. The SMILES string of the molecule is COC(=O)c1cc(OC)c(OC(F)F)cc1NC(=O)c1ccc(-n2nccc2C)cc1. The van der Waals surface area contributed by atoms with Crippen molar-refractivity contribution < 1.29 is 32.6 Å². The summed E-state index contributed by atoms with van der Waals surface area (Å²) in [5.41, 5.74) is 1.80. The summed E-state index contributed by atoms with van der Waals surface area (Å²) in [6.07, 6.45) is 1.66. The Morgan fingerprint density at radius 3 is 2.32 bits per heavy atom. The van der Waals surface area contributed by atoms with Crippen molar-refractivity contribution in [3.8, 4) is 17.2 Å². The Morgan fingerprint density at radius 2 is 1.77 bits per heavy atom. The van der Waals surface area contributed by atoms with Crippen LogP contribution in [0.2, 0.25) is 0 Å². The lowest BCUT2D eigenvalue weighted by Crippen LogP contribution is -2.16. The minimum absolute atomic E-state index is 0.0692. The average molecular weight is 431 g/mol. The number of carbonyl (C=O) groups is 2. The van der Waals surface area contributed by atoms with Gasteiger partial charge < -0.3 is 19.5 Å². The fraction of sp³-hybridized carbons (Fsp3) is 0.190. The van der Waals surface area contributed by atoms with Gasteiger partial charge >= 0.3 is 12.6 Å². The first kappa shape index (κ1) is 21.8. The molecule has 0 aliphatic heterocycles. The molecule has 0 bridgehead atoms. The maximum atomic E-state index is 12.7. The third-order valence-corrected chi connectivity index (χ3v) is 4.38. The van der Waals surface area contributed by atoms with Crippen LogP contribution in [0.25, 0.3) is 5.69 Å². The summed E-state index contributed by atoms with van der Waals surface area (Å²) in [6, 6.07) is 10.6. The third-order valence-electron chi connectivity index (χ3n) is 4.38. The normalized spacial score (nSPS) is 10.6. The lowest BCUT2D eigenvalue weighted by molar-refractivity contribution is -0.0511. The molecular weight excluding hydrogens is 412 g/mol. The Hall–Kier alpha value is -3.95. The van der Waals surface area contributed by atoms with Crippen molar-refractivity contribution in [1.29, 1.82) is 0 Å². The van der Waals surface area contributed by atoms with Crippen LogP contribution in [0.1, 0.15) is 26.4 Å². The van der Waals surface area contributed by atoms with Crippen molar-refractivity contribution in [3.63, 3.8) is 0 Å². The number of anilines is 1. The molecule has 0 saturated carbocycles. The molecule has 0 aliphatic carbocycles. The number of carbonyl (C=O) groups excluding carboxylic acids is 2. The summed E-state index contributed by atoms with van der Waals surface area (Å²) in [5.74, 6) is -1.81. The molecule has 1 heterocycles. The summed E-state index contributed by atoms with van der Waals surface area (Å²) in [5, 5.41) is 6.73. The predicted octanol–water partition coefficient (Wildman–Crippen LogP) is 3.83. The molecule has 0 unspecified atom stereocenters. The Bertz CT molecular complexity index is 1100. The fourth-order valence-corrected chi connectivity index (χ4v) is 2.88. The van der Waals surface area contributed by atoms with E-state index in [-0.39, 0.29) is 28.3 Å². The van der Waals surface area contributed by atoms with E-state index in [9.17, 15) is 18.4 Å². The zero-order valence-electron chi connectivity index (χ0n) is 16.9. The number of aromatic nitrogens is 2. The highest BCUT2D eigenvalue weighted by Crippen LogP contribution is 2.35. The van der Waals surface area contributed by atoms with Crippen molar-refractivity contribution in [2.45, 2.75) is 13.5 Å². The van der Waals surface area contributed by atoms with E-state index in [1.54, 1.807) is 35.1 Å². The van der Waals surface area contributed by atoms with Crippen molar-refractivity contribution in [1.82, 2.24) is 9.78 Å². The first-order valence-electron chi connectivity index (χ1n) is 9.01. The Morgan fingerprint density at radius 1 is 1.06 bits per heavy atom. The van der Waals surface area contributed by atoms with E-state index >= 15 is 0 Å². The van der Waals surface area contributed by atoms with Gasteiger partial charge in [-0.15, -0.1) is 0 Å². The molecule has 0 saturated heterocycles. The summed E-state index contributed by atoms with van der Waals surface area (Å²) in [6.45, 7) is -1.23. The third kappa shape index (κ3) is 4.80. The minimum atomic E-state index is -3.13. The van der Waals surface area contributed by atoms with Gasteiger partial charge in [-0.1, -0.05) is 0 Å². The van der Waals surface area contributed by atoms with Crippen LogP contribution in [0, 0.1) is 6.92 Å². The van der Waals surface area contributed by atoms with Gasteiger partial charge in [-0.2, -0.15) is 13.9 Å². The maximum absolute atomic E-state index is 12.7. The molecule has 0 spiro atoms. The number of nitrogens with zero attached hydrogens (tertiary/aromatic N) is 2. The van der Waals surface area contributed by atoms with Crippen LogP contribution < -0.4 is 14.8 Å². The van der Waals surface area contributed by atoms with E-state index in [0.717, 1.165) is 30.6 Å². The molecule has 3 aromatic rings. The molecule has 3 rings (SSSR count). The van der Waals surface area contributed by atoms with Gasteiger partial charge in [0, 0.05) is 29.6 Å². The van der Waals surface area contributed by atoms with E-state index in [0.29, 0.717) is 0 Å². The Balaban J connectivity index is 1.91. The smallest absolute Gasteiger partial charge is 0.387 e. The van der Waals surface area contributed by atoms with Gasteiger partial charge in [-0.3, -0.25) is 4.79 Å². The Kier molecular flexibility index (Phi) is 6.49. The van der Waals surface area contributed by atoms with Crippen molar-refractivity contribution in [3.05, 3.63) is 65.5 Å². The van der Waals surface area contributed by atoms with Crippen LogP contribution in [-0.4, -0.2) is 42.5 Å². The molecule has 0 aliphatic rings. The molecule has 1 N–H and O–H groups in total. The number of methoxy groups -OCH3 is 2. The summed E-state index contributed by atoms with van der Waals surface area (Å²) in [7, 11) is 2.38. The first-order valence-corrected chi connectivity index (χ1v) is 9.01. The number of esters is 1. The number of benzene rings is 2. The molecule has 0 fully saturated rings. The average Bonchev–Trinajstić information content (AvgIpc) is 3.19. The minimum Gasteiger partial charge on any atom is -0.493 e. The largest absolute Gasteiger partial charge is 0.493 e. The van der Waals surface area contributed by atoms with Crippen LogP contribution in [0.4, 0.5) is 14.5 Å². The van der Waals surface area contributed by atoms with Crippen molar-refractivity contribution in [2.75, 3.05) is 19.5 Å². The quantitative estimate of drug-likeness (QED) is 0.572. The number of rotatable bonds is 7. The Labute approximate surface area is 176 Å². The molecular formula is C21H19F2N3O5. The molecule has 0 atom stereocenters. The number of alkyl halides is 2. The van der Waals surface area contributed by atoms with Crippen LogP contribution >= 0.6 is 0 Å². The van der Waals surface area contributed by atoms with Crippen molar-refractivity contribution in [2.24, 2.45) is 0 Å². The van der Waals surface area contributed by atoms with E-state index in [1.807, 2.05) is 13.0 Å². The van der Waals surface area contributed by atoms with E-state index in [4.69, 9.17) is 9.47 Å². The van der Waals surface area contributed by atoms with Crippen LogP contribution in [0.15, 0.2) is 48.7 Å². The van der Waals surface area contributed by atoms with Gasteiger partial charge in [-0.05, 0) is 37.3 Å². The second-order valence-corrected chi connectivity index (χ2v) is 6.30. The number of hydrogen-bond acceptors (Lipinski definition) is 6. The van der Waals surface area contributed by atoms with Gasteiger partial charge in [0.2, 0.25) is 0 Å². The van der Waals surface area contributed by atoms with Crippen LogP contribution in [0.5, 0.6) is 11.5 Å². The lowest BCUT2D eigenvalue weighted by atomic mass is 10.1. The van der Waals surface area contributed by atoms with Gasteiger partial charge in [0.1, 0.15) is 0 Å². The first-order chi connectivity index (χ1) is 14.8. The van der Waals surface area contributed by atoms with Crippen LogP contribution in [0.3, 0.4) is 0 Å². The van der Waals surface area contributed by atoms with Gasteiger partial charge in [0.05, 0.1) is 31.2 Å². The number of halogens is 2. The highest BCUT2D eigenvalue weighted by Gasteiger charge is 2.21. The topological polar surface area (TPSA) is 91.7 Å². The summed E-state index contributed by atoms with van der Waals surface area (Å²) in [4.78, 5) is 24.9. The molecule has 1 amide bonds. The second-order valence-electron chi connectivity index (χ2n) is 6.30. The molecule has 1 aromatic heterocycles. The van der Waals surface area contributed by atoms with E-state index < -0.39 is 18.5 Å². The van der Waals surface area contributed by atoms with Gasteiger partial charge in [0.25, 0.3) is 5.91 Å². The van der Waals surface area contributed by atoms with E-state index in [2.05, 4.69) is 15.2 Å². The fourth-order valence-electron chi connectivity index (χ4n) is 2.88. The van der Waals surface area contributed by atoms with Gasteiger partial charge in [0.15, 0.2) is 11.5 Å². The lowest BCUT2D eigenvalue weighted by Gasteiger charge is -2.15. The predicted molar refractivity (Wildman–Crippen MR) is 107 cm³/mol. The zero-order valence-corrected chi connectivity index (χ0v) is 16.9. The van der Waals surface area contributed by atoms with Crippen molar-refractivity contribution >= 4 is 17.6 Å². The van der Waals surface area contributed by atoms with Gasteiger partial charge in [-0.25, -0.2) is 9.48 Å². The maximum Gasteiger partial charge on any atom is 0.387 e. The molecule has 2 aromatic carbocycles. The second kappa shape index (κ2) is 9.24. The molecule has 0 radical (unpaired) electrons.